The molecule has 0 bridgehead atoms. The number of hydrogen-bond donors (Lipinski definition) is 1. The van der Waals surface area contributed by atoms with Crippen molar-refractivity contribution in [1.29, 1.82) is 0 Å². The molecule has 1 aliphatic rings. The molecule has 0 fully saturated rings. The fraction of sp³-hybridized carbons (Fsp3) is 0.333. The van der Waals surface area contributed by atoms with Crippen LogP contribution in [-0.4, -0.2) is 11.1 Å². The second kappa shape index (κ2) is 4.88. The monoisotopic (exact) mass is 256 g/mol. The molecule has 0 saturated heterocycles. The number of carbonyl (C=O) groups is 1. The number of aromatic nitrogens is 1. The molecule has 0 radical (unpaired) electrons. The molecule has 1 amide bonds. The molecule has 19 heavy (non-hydrogen) atoms. The number of aryl methyl sites for hydroxylation is 2. The molecule has 4 nitrogen and oxygen atoms in total. The maximum atomic E-state index is 12.2. The zero-order chi connectivity index (χ0) is 13.2. The lowest BCUT2D eigenvalue weighted by Crippen LogP contribution is -2.13. The third kappa shape index (κ3) is 2.38. The van der Waals surface area contributed by atoms with Crippen molar-refractivity contribution in [2.24, 2.45) is 0 Å². The first kappa shape index (κ1) is 12.0. The van der Waals surface area contributed by atoms with Gasteiger partial charge in [-0.2, -0.15) is 0 Å². The maximum Gasteiger partial charge on any atom is 0.258 e. The van der Waals surface area contributed by atoms with Crippen molar-refractivity contribution in [3.63, 3.8) is 0 Å². The highest BCUT2D eigenvalue weighted by Crippen LogP contribution is 2.27. The number of amides is 1. The third-order valence-corrected chi connectivity index (χ3v) is 3.47. The van der Waals surface area contributed by atoms with Crippen molar-refractivity contribution < 1.29 is 9.32 Å². The van der Waals surface area contributed by atoms with Gasteiger partial charge in [0.15, 0.2) is 0 Å². The van der Waals surface area contributed by atoms with Crippen LogP contribution < -0.4 is 5.32 Å². The van der Waals surface area contributed by atoms with Gasteiger partial charge in [-0.25, -0.2) is 0 Å². The number of hydrogen-bond acceptors (Lipinski definition) is 3. The molecule has 0 saturated carbocycles. The first-order valence-corrected chi connectivity index (χ1v) is 6.59. The molecular formula is C15H16N2O2. The molecule has 0 atom stereocenters. The SMILES string of the molecule is Cc1cccc(C(=O)Nc2onc3c2CCCC3)c1. The Labute approximate surface area is 111 Å². The average Bonchev–Trinajstić information content (AvgIpc) is 2.82. The fourth-order valence-electron chi connectivity index (χ4n) is 2.45. The summed E-state index contributed by atoms with van der Waals surface area (Å²) >= 11 is 0. The third-order valence-electron chi connectivity index (χ3n) is 3.47. The largest absolute Gasteiger partial charge is 0.338 e. The molecule has 4 heteroatoms. The first-order chi connectivity index (χ1) is 9.24. The summed E-state index contributed by atoms with van der Waals surface area (Å²) in [6.45, 7) is 1.97. The molecule has 1 N–H and O–H groups in total. The van der Waals surface area contributed by atoms with Crippen molar-refractivity contribution in [1.82, 2.24) is 5.16 Å². The molecule has 3 rings (SSSR count). The van der Waals surface area contributed by atoms with Gasteiger partial charge >= 0.3 is 0 Å². The van der Waals surface area contributed by atoms with Crippen LogP contribution in [0.15, 0.2) is 28.8 Å². The average molecular weight is 256 g/mol. The minimum atomic E-state index is -0.145. The summed E-state index contributed by atoms with van der Waals surface area (Å²) in [5, 5.41) is 6.86. The summed E-state index contributed by atoms with van der Waals surface area (Å²) in [5.74, 6) is 0.370. The molecule has 98 valence electrons. The number of fused-ring (bicyclic) bond motifs is 1. The minimum absolute atomic E-state index is 0.145. The highest BCUT2D eigenvalue weighted by Gasteiger charge is 2.21. The standard InChI is InChI=1S/C15H16N2O2/c1-10-5-4-6-11(9-10)14(18)16-15-12-7-2-3-8-13(12)17-19-15/h4-6,9H,2-3,7-8H2,1H3,(H,16,18). The van der Waals surface area contributed by atoms with Crippen molar-refractivity contribution >= 4 is 11.8 Å². The van der Waals surface area contributed by atoms with E-state index in [1.807, 2.05) is 25.1 Å². The van der Waals surface area contributed by atoms with E-state index >= 15 is 0 Å². The molecule has 2 aromatic rings. The van der Waals surface area contributed by atoms with Crippen LogP contribution in [0.5, 0.6) is 0 Å². The van der Waals surface area contributed by atoms with Gasteiger partial charge in [-0.3, -0.25) is 10.1 Å². The van der Waals surface area contributed by atoms with E-state index in [-0.39, 0.29) is 5.91 Å². The zero-order valence-corrected chi connectivity index (χ0v) is 10.9. The number of rotatable bonds is 2. The molecule has 1 aromatic carbocycles. The van der Waals surface area contributed by atoms with E-state index in [0.29, 0.717) is 11.4 Å². The van der Waals surface area contributed by atoms with E-state index in [1.165, 1.54) is 0 Å². The summed E-state index contributed by atoms with van der Waals surface area (Å²) in [7, 11) is 0. The Bertz CT molecular complexity index is 616. The van der Waals surface area contributed by atoms with Crippen molar-refractivity contribution in [2.45, 2.75) is 32.6 Å². The van der Waals surface area contributed by atoms with Gasteiger partial charge in [0.25, 0.3) is 5.91 Å². The van der Waals surface area contributed by atoms with E-state index < -0.39 is 0 Å². The smallest absolute Gasteiger partial charge is 0.258 e. The lowest BCUT2D eigenvalue weighted by molar-refractivity contribution is 0.102. The lowest BCUT2D eigenvalue weighted by Gasteiger charge is -2.09. The maximum absolute atomic E-state index is 12.2. The quantitative estimate of drug-likeness (QED) is 0.898. The van der Waals surface area contributed by atoms with Crippen LogP contribution in [0.25, 0.3) is 0 Å². The highest BCUT2D eigenvalue weighted by atomic mass is 16.5. The normalized spacial score (nSPS) is 13.9. The minimum Gasteiger partial charge on any atom is -0.338 e. The predicted molar refractivity (Wildman–Crippen MR) is 72.3 cm³/mol. The van der Waals surface area contributed by atoms with Crippen molar-refractivity contribution in [3.8, 4) is 0 Å². The van der Waals surface area contributed by atoms with E-state index in [1.54, 1.807) is 6.07 Å². The second-order valence-electron chi connectivity index (χ2n) is 4.97. The van der Waals surface area contributed by atoms with Gasteiger partial charge in [0.2, 0.25) is 5.88 Å². The molecule has 1 aliphatic carbocycles. The number of nitrogens with one attached hydrogen (secondary N) is 1. The van der Waals surface area contributed by atoms with Crippen LogP contribution in [0.1, 0.15) is 40.0 Å². The van der Waals surface area contributed by atoms with Gasteiger partial charge in [0, 0.05) is 11.1 Å². The van der Waals surface area contributed by atoms with E-state index in [0.717, 1.165) is 42.5 Å². The number of carbonyl (C=O) groups excluding carboxylic acids is 1. The highest BCUT2D eigenvalue weighted by molar-refractivity contribution is 6.04. The lowest BCUT2D eigenvalue weighted by atomic mass is 9.97. The van der Waals surface area contributed by atoms with Gasteiger partial charge in [0.05, 0.1) is 5.69 Å². The van der Waals surface area contributed by atoms with E-state index in [9.17, 15) is 4.79 Å². The summed E-state index contributed by atoms with van der Waals surface area (Å²) in [6, 6.07) is 7.50. The van der Waals surface area contributed by atoms with E-state index in [4.69, 9.17) is 4.52 Å². The number of benzene rings is 1. The molecule has 0 spiro atoms. The van der Waals surface area contributed by atoms with Gasteiger partial charge in [-0.05, 0) is 44.7 Å². The Balaban J connectivity index is 1.82. The second-order valence-corrected chi connectivity index (χ2v) is 4.97. The Kier molecular flexibility index (Phi) is 3.07. The van der Waals surface area contributed by atoms with Crippen LogP contribution in [-0.2, 0) is 12.8 Å². The van der Waals surface area contributed by atoms with Crippen LogP contribution in [0.2, 0.25) is 0 Å². The molecular weight excluding hydrogens is 240 g/mol. The summed E-state index contributed by atoms with van der Waals surface area (Å²) in [4.78, 5) is 12.2. The zero-order valence-electron chi connectivity index (χ0n) is 10.9. The van der Waals surface area contributed by atoms with Gasteiger partial charge in [-0.1, -0.05) is 22.9 Å². The van der Waals surface area contributed by atoms with Gasteiger partial charge in [-0.15, -0.1) is 0 Å². The van der Waals surface area contributed by atoms with E-state index in [2.05, 4.69) is 10.5 Å². The van der Waals surface area contributed by atoms with Crippen LogP contribution in [0.3, 0.4) is 0 Å². The molecule has 0 unspecified atom stereocenters. The topological polar surface area (TPSA) is 55.1 Å². The Hall–Kier alpha value is -2.10. The van der Waals surface area contributed by atoms with Crippen molar-refractivity contribution in [2.75, 3.05) is 5.32 Å². The van der Waals surface area contributed by atoms with Crippen LogP contribution in [0, 0.1) is 6.92 Å². The Morgan fingerprint density at radius 1 is 1.32 bits per heavy atom. The van der Waals surface area contributed by atoms with Gasteiger partial charge < -0.3 is 4.52 Å². The number of anilines is 1. The molecule has 0 aliphatic heterocycles. The number of nitrogens with zero attached hydrogens (tertiary/aromatic N) is 1. The molecule has 1 heterocycles. The summed E-state index contributed by atoms with van der Waals surface area (Å²) in [6.07, 6.45) is 4.15. The van der Waals surface area contributed by atoms with Crippen molar-refractivity contribution in [3.05, 3.63) is 46.6 Å². The first-order valence-electron chi connectivity index (χ1n) is 6.59. The van der Waals surface area contributed by atoms with Gasteiger partial charge in [0.1, 0.15) is 0 Å². The fourth-order valence-corrected chi connectivity index (χ4v) is 2.45. The Morgan fingerprint density at radius 3 is 3.00 bits per heavy atom. The summed E-state index contributed by atoms with van der Waals surface area (Å²) < 4.78 is 5.26. The summed E-state index contributed by atoms with van der Waals surface area (Å²) in [5.41, 5.74) is 3.76. The Morgan fingerprint density at radius 2 is 2.16 bits per heavy atom. The predicted octanol–water partition coefficient (Wildman–Crippen LogP) is 3.11. The van der Waals surface area contributed by atoms with Crippen LogP contribution >= 0.6 is 0 Å². The molecule has 1 aromatic heterocycles. The van der Waals surface area contributed by atoms with Crippen LogP contribution in [0.4, 0.5) is 5.88 Å².